The summed E-state index contributed by atoms with van der Waals surface area (Å²) in [7, 11) is 5.91. The van der Waals surface area contributed by atoms with Gasteiger partial charge in [0.15, 0.2) is 0 Å². The van der Waals surface area contributed by atoms with Crippen LogP contribution in [0.1, 0.15) is 13.3 Å². The highest BCUT2D eigenvalue weighted by atomic mass is 28.4. The van der Waals surface area contributed by atoms with E-state index in [0.29, 0.717) is 17.1 Å². The van der Waals surface area contributed by atoms with Crippen molar-refractivity contribution in [2.45, 2.75) is 25.4 Å². The Kier molecular flexibility index (Phi) is 7.01. The monoisotopic (exact) mass is 279 g/mol. The van der Waals surface area contributed by atoms with E-state index in [1.165, 1.54) is 0 Å². The first-order valence-corrected chi connectivity index (χ1v) is 7.87. The number of carboxylic acid groups (broad SMARTS) is 1. The molecule has 0 rings (SSSR count). The van der Waals surface area contributed by atoms with E-state index in [-0.39, 0.29) is 0 Å². The third-order valence-electron chi connectivity index (χ3n) is 3.54. The predicted octanol–water partition coefficient (Wildman–Crippen LogP) is -0.531. The molecule has 0 aromatic rings. The fourth-order valence-corrected chi connectivity index (χ4v) is 3.44. The molecule has 0 saturated carbocycles. The molecule has 0 aliphatic rings. The molecule has 1 unspecified atom stereocenters. The van der Waals surface area contributed by atoms with Gasteiger partial charge in [0, 0.05) is 33.8 Å². The number of carbonyl (C=O) groups is 1. The van der Waals surface area contributed by atoms with Gasteiger partial charge in [0.25, 0.3) is 0 Å². The number of aliphatic carboxylic acids is 1. The zero-order valence-corrected chi connectivity index (χ0v) is 13.2. The number of rotatable bonds is 9. The first kappa shape index (κ1) is 17.5. The summed E-state index contributed by atoms with van der Waals surface area (Å²) in [6.45, 7) is 2.35. The smallest absolute Gasteiger partial charge is 0.500 e. The van der Waals surface area contributed by atoms with Crippen molar-refractivity contribution in [2.24, 2.45) is 0 Å². The van der Waals surface area contributed by atoms with Gasteiger partial charge in [-0.2, -0.15) is 0 Å². The van der Waals surface area contributed by atoms with Crippen molar-refractivity contribution in [1.29, 1.82) is 0 Å². The van der Waals surface area contributed by atoms with Crippen LogP contribution in [0.5, 0.6) is 0 Å². The zero-order valence-electron chi connectivity index (χ0n) is 12.2. The van der Waals surface area contributed by atoms with Crippen LogP contribution in [0.15, 0.2) is 0 Å². The second kappa shape index (κ2) is 7.20. The van der Waals surface area contributed by atoms with Crippen LogP contribution >= 0.6 is 0 Å². The summed E-state index contributed by atoms with van der Waals surface area (Å²) in [4.78, 5) is 10.9. The lowest BCUT2D eigenvalue weighted by Crippen LogP contribution is -2.56. The van der Waals surface area contributed by atoms with E-state index in [1.807, 2.05) is 14.1 Å². The van der Waals surface area contributed by atoms with Crippen LogP contribution in [0.4, 0.5) is 0 Å². The van der Waals surface area contributed by atoms with Crippen molar-refractivity contribution >= 4 is 14.8 Å². The molecule has 0 saturated heterocycles. The first-order chi connectivity index (χ1) is 8.24. The Morgan fingerprint density at radius 1 is 1.22 bits per heavy atom. The number of likely N-dealkylation sites (N-methyl/N-ethyl adjacent to an activating group) is 1. The molecular formula is C11H25NO5Si. The minimum absolute atomic E-state index is 0.365. The van der Waals surface area contributed by atoms with Gasteiger partial charge in [-0.15, -0.1) is 0 Å². The molecular weight excluding hydrogens is 254 g/mol. The first-order valence-electron chi connectivity index (χ1n) is 5.93. The van der Waals surface area contributed by atoms with Crippen molar-refractivity contribution in [2.75, 3.05) is 42.0 Å². The van der Waals surface area contributed by atoms with E-state index in [1.54, 1.807) is 28.3 Å². The van der Waals surface area contributed by atoms with Crippen LogP contribution in [0.2, 0.25) is 6.04 Å². The molecule has 18 heavy (non-hydrogen) atoms. The van der Waals surface area contributed by atoms with Gasteiger partial charge < -0.3 is 27.7 Å². The van der Waals surface area contributed by atoms with Crippen molar-refractivity contribution < 1.29 is 27.7 Å². The van der Waals surface area contributed by atoms with E-state index < -0.39 is 20.8 Å². The molecule has 0 amide bonds. The Morgan fingerprint density at radius 2 is 1.67 bits per heavy atom. The highest BCUT2D eigenvalue weighted by Gasteiger charge is 2.38. The van der Waals surface area contributed by atoms with Gasteiger partial charge in [-0.1, -0.05) is 0 Å². The summed E-state index contributed by atoms with van der Waals surface area (Å²) in [5.74, 6) is -1.03. The minimum Gasteiger partial charge on any atom is -0.544 e. The Labute approximate surface area is 110 Å². The Morgan fingerprint density at radius 3 is 2.00 bits per heavy atom. The molecule has 6 nitrogen and oxygen atoms in total. The molecule has 1 atom stereocenters. The van der Waals surface area contributed by atoms with E-state index in [4.69, 9.17) is 13.3 Å². The molecule has 0 bridgehead atoms. The summed E-state index contributed by atoms with van der Waals surface area (Å²) in [5, 5.41) is 10.9. The molecule has 0 heterocycles. The van der Waals surface area contributed by atoms with Crippen molar-refractivity contribution in [3.63, 3.8) is 0 Å². The zero-order chi connectivity index (χ0) is 14.4. The lowest BCUT2D eigenvalue weighted by Gasteiger charge is -2.37. The second-order valence-corrected chi connectivity index (χ2v) is 7.99. The third kappa shape index (κ3) is 4.66. The molecule has 0 spiro atoms. The van der Waals surface area contributed by atoms with E-state index >= 15 is 0 Å². The maximum absolute atomic E-state index is 10.9. The Hall–Kier alpha value is -0.473. The Balaban J connectivity index is 4.37. The highest BCUT2D eigenvalue weighted by molar-refractivity contribution is 6.60. The van der Waals surface area contributed by atoms with E-state index in [0.717, 1.165) is 6.42 Å². The lowest BCUT2D eigenvalue weighted by atomic mass is 10.2. The van der Waals surface area contributed by atoms with Gasteiger partial charge in [0.1, 0.15) is 6.04 Å². The van der Waals surface area contributed by atoms with Gasteiger partial charge in [0.2, 0.25) is 0 Å². The fraction of sp³-hybridized carbons (Fsp3) is 0.909. The van der Waals surface area contributed by atoms with Gasteiger partial charge in [-0.25, -0.2) is 0 Å². The molecule has 0 N–H and O–H groups in total. The number of carbonyl (C=O) groups excluding carboxylic acids is 1. The quantitative estimate of drug-likeness (QED) is 0.419. The summed E-state index contributed by atoms with van der Waals surface area (Å²) in [5.41, 5.74) is 0. The minimum atomic E-state index is -2.55. The van der Waals surface area contributed by atoms with Crippen LogP contribution < -0.4 is 5.11 Å². The summed E-state index contributed by atoms with van der Waals surface area (Å²) in [6, 6.07) is 0.117. The lowest BCUT2D eigenvalue weighted by molar-refractivity contribution is -0.906. The molecule has 0 fully saturated rings. The molecule has 0 radical (unpaired) electrons. The molecule has 0 aromatic carbocycles. The maximum Gasteiger partial charge on any atom is 0.500 e. The average Bonchev–Trinajstić information content (AvgIpc) is 2.34. The molecule has 0 aromatic heterocycles. The number of hydrogen-bond donors (Lipinski definition) is 0. The standard InChI is InChI=1S/C11H25NO5Si/c1-10(11(13)14)12(2,3)8-7-9-18(15-4,16-5)17-6/h10H,7-9H2,1-6H3. The maximum atomic E-state index is 10.9. The summed E-state index contributed by atoms with van der Waals surface area (Å²) >= 11 is 0. The van der Waals surface area contributed by atoms with Crippen LogP contribution in [-0.4, -0.2) is 67.3 Å². The SMILES string of the molecule is CO[Si](CCC[N+](C)(C)C(C)C(=O)[O-])(OC)OC. The number of quaternary nitrogens is 1. The summed E-state index contributed by atoms with van der Waals surface area (Å²) < 4.78 is 16.3. The molecule has 108 valence electrons. The van der Waals surface area contributed by atoms with Gasteiger partial charge in [0.05, 0.1) is 26.6 Å². The van der Waals surface area contributed by atoms with Crippen LogP contribution in [0.25, 0.3) is 0 Å². The molecule has 0 aliphatic heterocycles. The second-order valence-electron chi connectivity index (χ2n) is 4.90. The van der Waals surface area contributed by atoms with E-state index in [2.05, 4.69) is 0 Å². The van der Waals surface area contributed by atoms with Gasteiger partial charge in [-0.3, -0.25) is 0 Å². The number of nitrogens with zero attached hydrogens (tertiary/aromatic N) is 1. The molecule has 7 heteroatoms. The normalized spacial score (nSPS) is 14.6. The fourth-order valence-electron chi connectivity index (χ4n) is 1.74. The predicted molar refractivity (Wildman–Crippen MR) is 67.6 cm³/mol. The number of carboxylic acids is 1. The van der Waals surface area contributed by atoms with Crippen LogP contribution in [-0.2, 0) is 18.1 Å². The van der Waals surface area contributed by atoms with Crippen molar-refractivity contribution in [3.8, 4) is 0 Å². The van der Waals surface area contributed by atoms with E-state index in [9.17, 15) is 9.90 Å². The van der Waals surface area contributed by atoms with Gasteiger partial charge >= 0.3 is 8.80 Å². The largest absolute Gasteiger partial charge is 0.544 e. The van der Waals surface area contributed by atoms with Crippen LogP contribution in [0, 0.1) is 0 Å². The highest BCUT2D eigenvalue weighted by Crippen LogP contribution is 2.17. The van der Waals surface area contributed by atoms with Crippen molar-refractivity contribution in [3.05, 3.63) is 0 Å². The Bertz CT molecular complexity index is 260. The third-order valence-corrected chi connectivity index (χ3v) is 6.37. The average molecular weight is 279 g/mol. The van der Waals surface area contributed by atoms with Gasteiger partial charge in [-0.05, 0) is 6.92 Å². The van der Waals surface area contributed by atoms with Crippen LogP contribution in [0.3, 0.4) is 0 Å². The van der Waals surface area contributed by atoms with Crippen molar-refractivity contribution in [1.82, 2.24) is 0 Å². The topological polar surface area (TPSA) is 67.8 Å². The molecule has 0 aliphatic carbocycles. The summed E-state index contributed by atoms with van der Waals surface area (Å²) in [6.07, 6.45) is 0.770. The number of hydrogen-bond acceptors (Lipinski definition) is 5.